The van der Waals surface area contributed by atoms with Gasteiger partial charge in [-0.25, -0.2) is 5.01 Å². The third-order valence-electron chi connectivity index (χ3n) is 2.48. The van der Waals surface area contributed by atoms with Crippen molar-refractivity contribution in [1.82, 2.24) is 5.01 Å². The van der Waals surface area contributed by atoms with Crippen LogP contribution in [0.2, 0.25) is 0 Å². The number of rotatable bonds is 7. The lowest BCUT2D eigenvalue weighted by molar-refractivity contribution is -0.139. The highest BCUT2D eigenvalue weighted by molar-refractivity contribution is 6.60. The Labute approximate surface area is 90.3 Å². The summed E-state index contributed by atoms with van der Waals surface area (Å²) >= 11 is 0. The minimum absolute atomic E-state index is 0.483. The number of hydrogen-bond acceptors (Lipinski definition) is 3. The van der Waals surface area contributed by atoms with Crippen LogP contribution in [-0.4, -0.2) is 29.5 Å². The molecule has 15 heavy (non-hydrogen) atoms. The van der Waals surface area contributed by atoms with Gasteiger partial charge in [0.2, 0.25) is 0 Å². The minimum Gasteiger partial charge on any atom is -0.282 e. The van der Waals surface area contributed by atoms with Gasteiger partial charge in [-0.2, -0.15) is 5.10 Å². The van der Waals surface area contributed by atoms with Gasteiger partial charge in [-0.3, -0.25) is 9.59 Å². The fourth-order valence-electron chi connectivity index (χ4n) is 1.56. The summed E-state index contributed by atoms with van der Waals surface area (Å²) in [6, 6.07) is 0. The lowest BCUT2D eigenvalue weighted by Gasteiger charge is -2.09. The van der Waals surface area contributed by atoms with Crippen molar-refractivity contribution in [3.05, 3.63) is 0 Å². The van der Waals surface area contributed by atoms with Crippen LogP contribution >= 0.6 is 0 Å². The molecule has 84 valence electrons. The van der Waals surface area contributed by atoms with Crippen LogP contribution < -0.4 is 0 Å². The summed E-state index contributed by atoms with van der Waals surface area (Å²) in [5, 5.41) is 5.01. The number of Topliss-reactive ketones (excluding diaryl/α,β-unsaturated/α-hetero) is 1. The number of nitrogens with zero attached hydrogens (tertiary/aromatic N) is 2. The molecule has 0 aromatic carbocycles. The predicted octanol–water partition coefficient (Wildman–Crippen LogP) is 1.74. The van der Waals surface area contributed by atoms with Gasteiger partial charge >= 0.3 is 5.91 Å². The van der Waals surface area contributed by atoms with Crippen LogP contribution in [0.15, 0.2) is 5.10 Å². The SMILES string of the molecule is CCCCCCCCN1N=CC(=O)C1=O. The van der Waals surface area contributed by atoms with Gasteiger partial charge in [-0.15, -0.1) is 0 Å². The molecular weight excluding hydrogens is 192 g/mol. The average Bonchev–Trinajstić information content (AvgIpc) is 2.54. The molecule has 0 aromatic rings. The first kappa shape index (κ1) is 11.9. The van der Waals surface area contributed by atoms with Crippen LogP contribution in [0, 0.1) is 0 Å². The summed E-state index contributed by atoms with van der Waals surface area (Å²) in [6.45, 7) is 2.76. The number of unbranched alkanes of at least 4 members (excludes halogenated alkanes) is 5. The van der Waals surface area contributed by atoms with E-state index < -0.39 is 11.7 Å². The highest BCUT2D eigenvalue weighted by Gasteiger charge is 2.24. The first-order valence-corrected chi connectivity index (χ1v) is 5.65. The van der Waals surface area contributed by atoms with Crippen molar-refractivity contribution >= 4 is 17.9 Å². The zero-order chi connectivity index (χ0) is 11.1. The molecule has 0 saturated heterocycles. The summed E-state index contributed by atoms with van der Waals surface area (Å²) in [7, 11) is 0. The second-order valence-electron chi connectivity index (χ2n) is 3.80. The van der Waals surface area contributed by atoms with E-state index in [9.17, 15) is 9.59 Å². The maximum Gasteiger partial charge on any atom is 0.316 e. The molecule has 0 spiro atoms. The molecule has 1 amide bonds. The molecule has 0 saturated carbocycles. The van der Waals surface area contributed by atoms with Crippen LogP contribution in [0.4, 0.5) is 0 Å². The van der Waals surface area contributed by atoms with E-state index in [1.807, 2.05) is 0 Å². The Kier molecular flexibility index (Phi) is 5.01. The van der Waals surface area contributed by atoms with Crippen molar-refractivity contribution in [2.75, 3.05) is 6.54 Å². The largest absolute Gasteiger partial charge is 0.316 e. The molecule has 0 fully saturated rings. The monoisotopic (exact) mass is 210 g/mol. The molecule has 1 aliphatic heterocycles. The molecule has 0 bridgehead atoms. The molecule has 0 radical (unpaired) electrons. The van der Waals surface area contributed by atoms with E-state index in [-0.39, 0.29) is 0 Å². The Morgan fingerprint density at radius 2 is 1.80 bits per heavy atom. The summed E-state index contributed by atoms with van der Waals surface area (Å²) in [5.41, 5.74) is 0. The van der Waals surface area contributed by atoms with E-state index in [0.717, 1.165) is 19.1 Å². The molecule has 0 unspecified atom stereocenters. The number of amides is 1. The number of hydrogen-bond donors (Lipinski definition) is 0. The van der Waals surface area contributed by atoms with E-state index in [1.165, 1.54) is 30.7 Å². The molecule has 4 nitrogen and oxygen atoms in total. The van der Waals surface area contributed by atoms with Crippen molar-refractivity contribution in [1.29, 1.82) is 0 Å². The van der Waals surface area contributed by atoms with Gasteiger partial charge in [0, 0.05) is 6.54 Å². The average molecular weight is 210 g/mol. The second kappa shape index (κ2) is 6.32. The maximum absolute atomic E-state index is 11.1. The number of hydrazone groups is 1. The molecular formula is C11H18N2O2. The van der Waals surface area contributed by atoms with Crippen LogP contribution in [0.1, 0.15) is 45.4 Å². The minimum atomic E-state index is -0.499. The van der Waals surface area contributed by atoms with Crippen molar-refractivity contribution < 1.29 is 9.59 Å². The van der Waals surface area contributed by atoms with Gasteiger partial charge in [0.25, 0.3) is 5.78 Å². The molecule has 0 aromatic heterocycles. The lowest BCUT2D eigenvalue weighted by Crippen LogP contribution is -2.27. The Hall–Kier alpha value is -1.19. The van der Waals surface area contributed by atoms with Gasteiger partial charge in [0.1, 0.15) is 6.21 Å². The fraction of sp³-hybridized carbons (Fsp3) is 0.727. The molecule has 1 rings (SSSR count). The number of carbonyl (C=O) groups is 2. The van der Waals surface area contributed by atoms with Gasteiger partial charge in [0.05, 0.1) is 0 Å². The zero-order valence-corrected chi connectivity index (χ0v) is 9.24. The molecule has 4 heteroatoms. The summed E-state index contributed by atoms with van der Waals surface area (Å²) in [4.78, 5) is 21.9. The van der Waals surface area contributed by atoms with E-state index in [0.29, 0.717) is 6.54 Å². The van der Waals surface area contributed by atoms with Gasteiger partial charge in [-0.05, 0) is 6.42 Å². The third kappa shape index (κ3) is 3.81. The second-order valence-corrected chi connectivity index (χ2v) is 3.80. The molecule has 1 aliphatic rings. The first-order chi connectivity index (χ1) is 7.25. The van der Waals surface area contributed by atoms with Crippen LogP contribution in [0.25, 0.3) is 0 Å². The van der Waals surface area contributed by atoms with E-state index in [2.05, 4.69) is 12.0 Å². The maximum atomic E-state index is 11.1. The Bertz CT molecular complexity index is 261. The predicted molar refractivity (Wildman–Crippen MR) is 58.6 cm³/mol. The first-order valence-electron chi connectivity index (χ1n) is 5.65. The topological polar surface area (TPSA) is 49.7 Å². The fourth-order valence-corrected chi connectivity index (χ4v) is 1.56. The van der Waals surface area contributed by atoms with Gasteiger partial charge in [-0.1, -0.05) is 39.0 Å². The van der Waals surface area contributed by atoms with Crippen molar-refractivity contribution in [3.8, 4) is 0 Å². The van der Waals surface area contributed by atoms with Crippen molar-refractivity contribution in [2.24, 2.45) is 5.10 Å². The molecule has 1 heterocycles. The Balaban J connectivity index is 2.04. The van der Waals surface area contributed by atoms with Crippen LogP contribution in [-0.2, 0) is 9.59 Å². The van der Waals surface area contributed by atoms with E-state index in [1.54, 1.807) is 0 Å². The zero-order valence-electron chi connectivity index (χ0n) is 9.24. The quantitative estimate of drug-likeness (QED) is 0.474. The van der Waals surface area contributed by atoms with E-state index >= 15 is 0 Å². The summed E-state index contributed by atoms with van der Waals surface area (Å²) in [6.07, 6.45) is 8.11. The van der Waals surface area contributed by atoms with Gasteiger partial charge in [0.15, 0.2) is 0 Å². The van der Waals surface area contributed by atoms with E-state index in [4.69, 9.17) is 0 Å². The number of carbonyl (C=O) groups excluding carboxylic acids is 2. The van der Waals surface area contributed by atoms with Gasteiger partial charge < -0.3 is 0 Å². The van der Waals surface area contributed by atoms with Crippen LogP contribution in [0.5, 0.6) is 0 Å². The Morgan fingerprint density at radius 1 is 1.13 bits per heavy atom. The van der Waals surface area contributed by atoms with Crippen molar-refractivity contribution in [3.63, 3.8) is 0 Å². The molecule has 0 aliphatic carbocycles. The number of ketones is 1. The highest BCUT2D eigenvalue weighted by atomic mass is 16.2. The molecule has 0 atom stereocenters. The van der Waals surface area contributed by atoms with Crippen LogP contribution in [0.3, 0.4) is 0 Å². The van der Waals surface area contributed by atoms with Crippen molar-refractivity contribution in [2.45, 2.75) is 45.4 Å². The molecule has 0 N–H and O–H groups in total. The summed E-state index contributed by atoms with van der Waals surface area (Å²) in [5.74, 6) is -0.982. The Morgan fingerprint density at radius 3 is 2.40 bits per heavy atom. The lowest BCUT2D eigenvalue weighted by atomic mass is 10.1. The smallest absolute Gasteiger partial charge is 0.282 e. The summed E-state index contributed by atoms with van der Waals surface area (Å²) < 4.78 is 0. The normalized spacial score (nSPS) is 15.4. The standard InChI is InChI=1S/C11H18N2O2/c1-2-3-4-5-6-7-8-13-11(15)10(14)9-12-13/h9H,2-8H2,1H3. The highest BCUT2D eigenvalue weighted by Crippen LogP contribution is 2.07. The third-order valence-corrected chi connectivity index (χ3v) is 2.48.